The van der Waals surface area contributed by atoms with Gasteiger partial charge in [0.15, 0.2) is 0 Å². The number of carbonyl (C=O) groups excluding carboxylic acids is 1. The average Bonchev–Trinajstić information content (AvgIpc) is 3.16. The number of likely N-dealkylation sites (tertiary alicyclic amines) is 1. The van der Waals surface area contributed by atoms with Gasteiger partial charge in [-0.1, -0.05) is 0 Å². The van der Waals surface area contributed by atoms with Crippen molar-refractivity contribution in [3.05, 3.63) is 34.0 Å². The van der Waals surface area contributed by atoms with Crippen molar-refractivity contribution in [3.8, 4) is 11.8 Å². The number of amides is 1. The average molecular weight is 319 g/mol. The summed E-state index contributed by atoms with van der Waals surface area (Å²) in [6.45, 7) is 3.26. The van der Waals surface area contributed by atoms with Crippen LogP contribution >= 0.6 is 11.3 Å². The largest absolute Gasteiger partial charge is 0.480 e. The molecule has 1 fully saturated rings. The topological polar surface area (TPSA) is 64.6 Å². The lowest BCUT2D eigenvalue weighted by Crippen LogP contribution is -2.30. The van der Waals surface area contributed by atoms with Gasteiger partial charge in [0.2, 0.25) is 11.8 Å². The third-order valence-electron chi connectivity index (χ3n) is 3.49. The van der Waals surface area contributed by atoms with Gasteiger partial charge < -0.3 is 14.4 Å². The van der Waals surface area contributed by atoms with Gasteiger partial charge in [0.1, 0.15) is 6.10 Å². The van der Waals surface area contributed by atoms with Crippen LogP contribution in [0.25, 0.3) is 0 Å². The zero-order chi connectivity index (χ0) is 15.5. The van der Waals surface area contributed by atoms with Gasteiger partial charge in [0.05, 0.1) is 18.5 Å². The predicted octanol–water partition coefficient (Wildman–Crippen LogP) is 2.15. The zero-order valence-corrected chi connectivity index (χ0v) is 13.3. The van der Waals surface area contributed by atoms with Gasteiger partial charge in [-0.3, -0.25) is 4.79 Å². The second kappa shape index (κ2) is 6.31. The molecule has 1 aliphatic rings. The number of carbonyl (C=O) groups is 1. The van der Waals surface area contributed by atoms with Crippen molar-refractivity contribution in [2.24, 2.45) is 0 Å². The lowest BCUT2D eigenvalue weighted by Gasteiger charge is -2.16. The number of hydrogen-bond donors (Lipinski definition) is 0. The van der Waals surface area contributed by atoms with E-state index in [4.69, 9.17) is 9.47 Å². The van der Waals surface area contributed by atoms with E-state index in [9.17, 15) is 4.79 Å². The van der Waals surface area contributed by atoms with Crippen molar-refractivity contribution in [3.63, 3.8) is 0 Å². The smallest absolute Gasteiger partial charge is 0.264 e. The molecule has 7 heteroatoms. The van der Waals surface area contributed by atoms with Gasteiger partial charge in [-0.2, -0.15) is 0 Å². The van der Waals surface area contributed by atoms with Crippen LogP contribution in [0.3, 0.4) is 0 Å². The Hall–Kier alpha value is -2.15. The minimum Gasteiger partial charge on any atom is -0.480 e. The zero-order valence-electron chi connectivity index (χ0n) is 12.5. The lowest BCUT2D eigenvalue weighted by atomic mass is 10.3. The van der Waals surface area contributed by atoms with Crippen LogP contribution in [-0.2, 0) is 0 Å². The molecule has 0 aliphatic carbocycles. The fourth-order valence-corrected chi connectivity index (χ4v) is 3.22. The summed E-state index contributed by atoms with van der Waals surface area (Å²) in [7, 11) is 1.54. The maximum Gasteiger partial charge on any atom is 0.264 e. The SMILES string of the molecule is COc1ccc(OC2CCN(C(=O)c3cc(C)cs3)C2)nn1. The minimum atomic E-state index is -0.0484. The number of hydrogen-bond acceptors (Lipinski definition) is 6. The minimum absolute atomic E-state index is 0.0484. The maximum atomic E-state index is 12.4. The molecule has 3 heterocycles. The summed E-state index contributed by atoms with van der Waals surface area (Å²) in [4.78, 5) is 15.0. The Morgan fingerprint density at radius 3 is 2.77 bits per heavy atom. The Bertz CT molecular complexity index is 656. The second-order valence-corrected chi connectivity index (χ2v) is 6.09. The number of thiophene rings is 1. The van der Waals surface area contributed by atoms with Crippen molar-refractivity contribution in [2.75, 3.05) is 20.2 Å². The van der Waals surface area contributed by atoms with E-state index in [0.29, 0.717) is 24.8 Å². The highest BCUT2D eigenvalue weighted by atomic mass is 32.1. The Balaban J connectivity index is 1.58. The first-order chi connectivity index (χ1) is 10.7. The summed E-state index contributed by atoms with van der Waals surface area (Å²) in [6, 6.07) is 5.35. The Morgan fingerprint density at radius 2 is 2.14 bits per heavy atom. The van der Waals surface area contributed by atoms with Gasteiger partial charge in [0, 0.05) is 25.1 Å². The summed E-state index contributed by atoms with van der Waals surface area (Å²) >= 11 is 1.49. The molecule has 2 aromatic heterocycles. The van der Waals surface area contributed by atoms with E-state index in [1.807, 2.05) is 23.3 Å². The molecular weight excluding hydrogens is 302 g/mol. The Kier molecular flexibility index (Phi) is 4.24. The molecule has 1 amide bonds. The number of aryl methyl sites for hydroxylation is 1. The van der Waals surface area contributed by atoms with Gasteiger partial charge >= 0.3 is 0 Å². The highest BCUT2D eigenvalue weighted by Crippen LogP contribution is 2.21. The van der Waals surface area contributed by atoms with Crippen LogP contribution in [-0.4, -0.2) is 47.3 Å². The summed E-state index contributed by atoms with van der Waals surface area (Å²) in [5, 5.41) is 9.80. The Labute approximate surface area is 132 Å². The van der Waals surface area contributed by atoms with Gasteiger partial charge in [0.25, 0.3) is 5.91 Å². The normalized spacial score (nSPS) is 17.5. The quantitative estimate of drug-likeness (QED) is 0.864. The molecule has 1 unspecified atom stereocenters. The first-order valence-corrected chi connectivity index (χ1v) is 7.92. The van der Waals surface area contributed by atoms with Crippen molar-refractivity contribution in [2.45, 2.75) is 19.4 Å². The summed E-state index contributed by atoms with van der Waals surface area (Å²) in [5.74, 6) is 0.973. The highest BCUT2D eigenvalue weighted by Gasteiger charge is 2.29. The molecule has 22 heavy (non-hydrogen) atoms. The number of aromatic nitrogens is 2. The molecule has 0 bridgehead atoms. The summed E-state index contributed by atoms with van der Waals surface area (Å²) in [6.07, 6.45) is 0.747. The number of rotatable bonds is 4. The van der Waals surface area contributed by atoms with Crippen LogP contribution in [0, 0.1) is 6.92 Å². The molecule has 0 N–H and O–H groups in total. The van der Waals surface area contributed by atoms with Crippen LogP contribution in [0.4, 0.5) is 0 Å². The fraction of sp³-hybridized carbons (Fsp3) is 0.400. The van der Waals surface area contributed by atoms with E-state index in [1.54, 1.807) is 12.1 Å². The van der Waals surface area contributed by atoms with E-state index in [0.717, 1.165) is 16.9 Å². The van der Waals surface area contributed by atoms with Crippen LogP contribution in [0.1, 0.15) is 21.7 Å². The first kappa shape index (κ1) is 14.8. The van der Waals surface area contributed by atoms with Gasteiger partial charge in [-0.25, -0.2) is 0 Å². The van der Waals surface area contributed by atoms with Crippen LogP contribution < -0.4 is 9.47 Å². The molecule has 1 atom stereocenters. The van der Waals surface area contributed by atoms with E-state index in [-0.39, 0.29) is 12.0 Å². The molecule has 1 saturated heterocycles. The molecule has 0 aromatic carbocycles. The van der Waals surface area contributed by atoms with E-state index >= 15 is 0 Å². The molecule has 6 nitrogen and oxygen atoms in total. The lowest BCUT2D eigenvalue weighted by molar-refractivity contribution is 0.0775. The van der Waals surface area contributed by atoms with Gasteiger partial charge in [-0.05, 0) is 23.9 Å². The van der Waals surface area contributed by atoms with Crippen molar-refractivity contribution in [1.29, 1.82) is 0 Å². The van der Waals surface area contributed by atoms with Crippen LogP contribution in [0.2, 0.25) is 0 Å². The fourth-order valence-electron chi connectivity index (χ4n) is 2.36. The monoisotopic (exact) mass is 319 g/mol. The summed E-state index contributed by atoms with van der Waals surface area (Å²) < 4.78 is 10.7. The molecular formula is C15H17N3O3S. The molecule has 116 valence electrons. The van der Waals surface area contributed by atoms with Crippen molar-refractivity contribution >= 4 is 17.2 Å². The summed E-state index contributed by atoms with van der Waals surface area (Å²) in [5.41, 5.74) is 1.12. The number of nitrogens with zero attached hydrogens (tertiary/aromatic N) is 3. The third kappa shape index (κ3) is 3.19. The van der Waals surface area contributed by atoms with Crippen molar-refractivity contribution < 1.29 is 14.3 Å². The van der Waals surface area contributed by atoms with E-state index < -0.39 is 0 Å². The maximum absolute atomic E-state index is 12.4. The Morgan fingerprint density at radius 1 is 1.36 bits per heavy atom. The van der Waals surface area contributed by atoms with Gasteiger partial charge in [-0.15, -0.1) is 21.5 Å². The van der Waals surface area contributed by atoms with E-state index in [2.05, 4.69) is 10.2 Å². The third-order valence-corrected chi connectivity index (χ3v) is 4.52. The number of ether oxygens (including phenoxy) is 2. The highest BCUT2D eigenvalue weighted by molar-refractivity contribution is 7.12. The molecule has 0 saturated carbocycles. The number of methoxy groups -OCH3 is 1. The molecule has 2 aromatic rings. The second-order valence-electron chi connectivity index (χ2n) is 5.18. The standard InChI is InChI=1S/C15H17N3O3S/c1-10-7-12(22-9-10)15(19)18-6-5-11(8-18)21-14-4-3-13(20-2)16-17-14/h3-4,7,9,11H,5-6,8H2,1-2H3. The molecule has 0 radical (unpaired) electrons. The molecule has 1 aliphatic heterocycles. The first-order valence-electron chi connectivity index (χ1n) is 7.04. The predicted molar refractivity (Wildman–Crippen MR) is 82.6 cm³/mol. The van der Waals surface area contributed by atoms with Crippen LogP contribution in [0.15, 0.2) is 23.6 Å². The van der Waals surface area contributed by atoms with Crippen LogP contribution in [0.5, 0.6) is 11.8 Å². The molecule has 0 spiro atoms. The van der Waals surface area contributed by atoms with Crippen molar-refractivity contribution in [1.82, 2.24) is 15.1 Å². The molecule has 3 rings (SSSR count). The van der Waals surface area contributed by atoms with E-state index in [1.165, 1.54) is 18.4 Å².